The van der Waals surface area contributed by atoms with Crippen LogP contribution in [-0.4, -0.2) is 22.2 Å². The molecule has 3 rings (SSSR count). The first kappa shape index (κ1) is 18.2. The molecule has 0 aliphatic carbocycles. The molecule has 0 bridgehead atoms. The van der Waals surface area contributed by atoms with Crippen LogP contribution in [0.25, 0.3) is 0 Å². The Morgan fingerprint density at radius 2 is 1.81 bits per heavy atom. The topological polar surface area (TPSA) is 70.6 Å². The summed E-state index contributed by atoms with van der Waals surface area (Å²) in [6.45, 7) is 5.93. The fraction of sp³-hybridized carbons (Fsp3) is 0.250. The van der Waals surface area contributed by atoms with Gasteiger partial charge in [0.25, 0.3) is 0 Å². The van der Waals surface area contributed by atoms with Crippen molar-refractivity contribution in [1.82, 2.24) is 5.32 Å². The molecule has 2 amide bonds. The molecule has 1 heterocycles. The molecule has 1 aliphatic rings. The first-order valence-corrected chi connectivity index (χ1v) is 9.28. The lowest BCUT2D eigenvalue weighted by Gasteiger charge is -2.10. The molecule has 0 spiro atoms. The van der Waals surface area contributed by atoms with Gasteiger partial charge >= 0.3 is 0 Å². The van der Waals surface area contributed by atoms with Gasteiger partial charge in [0.05, 0.1) is 5.69 Å². The number of thioether (sulfide) groups is 1. The van der Waals surface area contributed by atoms with E-state index < -0.39 is 5.25 Å². The van der Waals surface area contributed by atoms with Gasteiger partial charge in [-0.15, -0.1) is 0 Å². The lowest BCUT2D eigenvalue weighted by molar-refractivity contribution is -0.122. The number of nitrogens with one attached hydrogen (secondary N) is 2. The quantitative estimate of drug-likeness (QED) is 0.862. The fourth-order valence-electron chi connectivity index (χ4n) is 2.57. The SMILES string of the molecule is Cc1ccc(N=C2NC(=O)[C@H](CC(=O)Nc3cc(C)ccc3C)S2)cc1. The number of amides is 2. The van der Waals surface area contributed by atoms with E-state index in [0.717, 1.165) is 28.1 Å². The molecule has 0 aromatic heterocycles. The van der Waals surface area contributed by atoms with Crippen LogP contribution in [0, 0.1) is 20.8 Å². The summed E-state index contributed by atoms with van der Waals surface area (Å²) in [5.74, 6) is -0.361. The normalized spacial score (nSPS) is 18.0. The fourth-order valence-corrected chi connectivity index (χ4v) is 3.56. The van der Waals surface area contributed by atoms with Crippen molar-refractivity contribution < 1.29 is 9.59 Å². The number of anilines is 1. The third kappa shape index (κ3) is 4.52. The molecule has 2 aromatic carbocycles. The minimum Gasteiger partial charge on any atom is -0.326 e. The van der Waals surface area contributed by atoms with E-state index in [2.05, 4.69) is 15.6 Å². The number of hydrogen-bond acceptors (Lipinski definition) is 4. The standard InChI is InChI=1S/C20H21N3O2S/c1-12-5-8-15(9-6-12)21-20-23-19(25)17(26-20)11-18(24)22-16-10-13(2)4-7-14(16)3/h4-10,17H,11H2,1-3H3,(H,22,24)(H,21,23,25)/t17-/m0/s1. The Hall–Kier alpha value is -2.60. The van der Waals surface area contributed by atoms with Gasteiger partial charge in [-0.2, -0.15) is 0 Å². The van der Waals surface area contributed by atoms with Crippen LogP contribution in [0.15, 0.2) is 47.5 Å². The molecule has 0 saturated carbocycles. The predicted molar refractivity (Wildman–Crippen MR) is 107 cm³/mol. The van der Waals surface area contributed by atoms with Crippen LogP contribution in [0.5, 0.6) is 0 Å². The second kappa shape index (κ2) is 7.74. The van der Waals surface area contributed by atoms with Crippen molar-refractivity contribution in [2.24, 2.45) is 4.99 Å². The Kier molecular flexibility index (Phi) is 5.42. The number of hydrogen-bond donors (Lipinski definition) is 2. The van der Waals surface area contributed by atoms with Crippen molar-refractivity contribution in [1.29, 1.82) is 0 Å². The highest BCUT2D eigenvalue weighted by Gasteiger charge is 2.32. The minimum atomic E-state index is -0.468. The summed E-state index contributed by atoms with van der Waals surface area (Å²) < 4.78 is 0. The van der Waals surface area contributed by atoms with Crippen LogP contribution in [-0.2, 0) is 9.59 Å². The maximum atomic E-state index is 12.3. The molecular formula is C20H21N3O2S. The number of rotatable bonds is 4. The largest absolute Gasteiger partial charge is 0.326 e. The van der Waals surface area contributed by atoms with Crippen LogP contribution in [0.2, 0.25) is 0 Å². The third-order valence-corrected chi connectivity index (χ3v) is 5.16. The molecule has 0 radical (unpaired) electrons. The monoisotopic (exact) mass is 367 g/mol. The van der Waals surface area contributed by atoms with E-state index >= 15 is 0 Å². The number of benzene rings is 2. The number of aryl methyl sites for hydroxylation is 3. The second-order valence-electron chi connectivity index (χ2n) is 6.42. The van der Waals surface area contributed by atoms with Gasteiger partial charge in [0.2, 0.25) is 11.8 Å². The van der Waals surface area contributed by atoms with Gasteiger partial charge < -0.3 is 10.6 Å². The number of nitrogens with zero attached hydrogens (tertiary/aromatic N) is 1. The molecule has 134 valence electrons. The average molecular weight is 367 g/mol. The van der Waals surface area contributed by atoms with Crippen LogP contribution in [0.4, 0.5) is 11.4 Å². The maximum absolute atomic E-state index is 12.3. The molecule has 6 heteroatoms. The summed E-state index contributed by atoms with van der Waals surface area (Å²) in [6, 6.07) is 13.6. The first-order valence-electron chi connectivity index (χ1n) is 8.41. The van der Waals surface area contributed by atoms with Crippen LogP contribution >= 0.6 is 11.8 Å². The number of carbonyl (C=O) groups is 2. The van der Waals surface area contributed by atoms with Crippen molar-refractivity contribution in [3.8, 4) is 0 Å². The Balaban J connectivity index is 1.63. The highest BCUT2D eigenvalue weighted by molar-refractivity contribution is 8.15. The van der Waals surface area contributed by atoms with Crippen molar-refractivity contribution in [2.45, 2.75) is 32.4 Å². The molecule has 1 aliphatic heterocycles. The van der Waals surface area contributed by atoms with Crippen molar-refractivity contribution in [3.63, 3.8) is 0 Å². The average Bonchev–Trinajstić information content (AvgIpc) is 2.92. The molecule has 2 aromatic rings. The maximum Gasteiger partial charge on any atom is 0.240 e. The van der Waals surface area contributed by atoms with Gasteiger partial charge in [-0.05, 0) is 50.1 Å². The van der Waals surface area contributed by atoms with Gasteiger partial charge in [0, 0.05) is 12.1 Å². The highest BCUT2D eigenvalue weighted by atomic mass is 32.2. The van der Waals surface area contributed by atoms with Crippen LogP contribution in [0.3, 0.4) is 0 Å². The van der Waals surface area contributed by atoms with Gasteiger partial charge in [0.1, 0.15) is 5.25 Å². The molecule has 1 saturated heterocycles. The molecule has 2 N–H and O–H groups in total. The van der Waals surface area contributed by atoms with Crippen molar-refractivity contribution >= 4 is 40.1 Å². The summed E-state index contributed by atoms with van der Waals surface area (Å²) >= 11 is 1.29. The van der Waals surface area contributed by atoms with E-state index in [1.54, 1.807) is 0 Å². The lowest BCUT2D eigenvalue weighted by atomic mass is 10.1. The third-order valence-electron chi connectivity index (χ3n) is 4.08. The zero-order valence-electron chi connectivity index (χ0n) is 15.0. The van der Waals surface area contributed by atoms with Crippen molar-refractivity contribution in [2.75, 3.05) is 5.32 Å². The highest BCUT2D eigenvalue weighted by Crippen LogP contribution is 2.26. The van der Waals surface area contributed by atoms with E-state index in [9.17, 15) is 9.59 Å². The molecule has 1 fully saturated rings. The number of aliphatic imine (C=N–C) groups is 1. The Bertz CT molecular complexity index is 875. The first-order chi connectivity index (χ1) is 12.4. The summed E-state index contributed by atoms with van der Waals surface area (Å²) in [5, 5.41) is 5.71. The lowest BCUT2D eigenvalue weighted by Crippen LogP contribution is -2.28. The van der Waals surface area contributed by atoms with Crippen LogP contribution < -0.4 is 10.6 Å². The Morgan fingerprint density at radius 3 is 2.54 bits per heavy atom. The van der Waals surface area contributed by atoms with E-state index in [-0.39, 0.29) is 18.2 Å². The molecule has 26 heavy (non-hydrogen) atoms. The molecule has 0 unspecified atom stereocenters. The molecular weight excluding hydrogens is 346 g/mol. The van der Waals surface area contributed by atoms with Gasteiger partial charge in [0.15, 0.2) is 5.17 Å². The smallest absolute Gasteiger partial charge is 0.240 e. The minimum absolute atomic E-state index is 0.108. The van der Waals surface area contributed by atoms with E-state index in [4.69, 9.17) is 0 Å². The Labute approximate surface area is 157 Å². The van der Waals surface area contributed by atoms with E-state index in [1.165, 1.54) is 11.8 Å². The van der Waals surface area contributed by atoms with E-state index in [1.807, 2.05) is 63.2 Å². The Morgan fingerprint density at radius 1 is 1.12 bits per heavy atom. The molecule has 5 nitrogen and oxygen atoms in total. The summed E-state index contributed by atoms with van der Waals surface area (Å²) in [4.78, 5) is 28.9. The van der Waals surface area contributed by atoms with Crippen LogP contribution in [0.1, 0.15) is 23.1 Å². The van der Waals surface area contributed by atoms with Crippen molar-refractivity contribution in [3.05, 3.63) is 59.2 Å². The van der Waals surface area contributed by atoms with E-state index in [0.29, 0.717) is 5.17 Å². The van der Waals surface area contributed by atoms with Gasteiger partial charge in [-0.25, -0.2) is 4.99 Å². The number of carbonyl (C=O) groups excluding carboxylic acids is 2. The van der Waals surface area contributed by atoms with Gasteiger partial charge in [-0.1, -0.05) is 41.6 Å². The predicted octanol–water partition coefficient (Wildman–Crippen LogP) is 3.86. The summed E-state index contributed by atoms with van der Waals surface area (Å²) in [5.41, 5.74) is 4.78. The molecule has 1 atom stereocenters. The van der Waals surface area contributed by atoms with Gasteiger partial charge in [-0.3, -0.25) is 9.59 Å². The zero-order chi connectivity index (χ0) is 18.7. The number of amidine groups is 1. The zero-order valence-corrected chi connectivity index (χ0v) is 15.8. The second-order valence-corrected chi connectivity index (χ2v) is 7.61. The summed E-state index contributed by atoms with van der Waals surface area (Å²) in [6.07, 6.45) is 0.108. The summed E-state index contributed by atoms with van der Waals surface area (Å²) in [7, 11) is 0.